The first-order chi connectivity index (χ1) is 11.9. The van der Waals surface area contributed by atoms with E-state index in [2.05, 4.69) is 10.6 Å². The standard InChI is InChI=1S/C18H24Cl2N2O3/c1-11(2)8-16(18(24)21-10-13-4-3-7-25-13)22-17(23)14-6-5-12(19)9-15(14)20/h5-6,9,11,13,16H,3-4,7-8,10H2,1-2H3,(H,21,24)(H,22,23)/t13-,16-/m1/s1. The molecule has 138 valence electrons. The summed E-state index contributed by atoms with van der Waals surface area (Å²) in [6, 6.07) is 4.03. The number of ether oxygens (including phenoxy) is 1. The van der Waals surface area contributed by atoms with Crippen molar-refractivity contribution in [1.29, 1.82) is 0 Å². The third-order valence-corrected chi connectivity index (χ3v) is 4.58. The number of hydrogen-bond donors (Lipinski definition) is 2. The molecule has 0 radical (unpaired) electrons. The molecule has 1 aromatic carbocycles. The zero-order chi connectivity index (χ0) is 18.4. The molecule has 0 saturated carbocycles. The van der Waals surface area contributed by atoms with Crippen LogP contribution in [-0.2, 0) is 9.53 Å². The van der Waals surface area contributed by atoms with Gasteiger partial charge >= 0.3 is 0 Å². The fourth-order valence-electron chi connectivity index (χ4n) is 2.76. The van der Waals surface area contributed by atoms with Crippen LogP contribution in [0.1, 0.15) is 43.5 Å². The molecule has 0 bridgehead atoms. The lowest BCUT2D eigenvalue weighted by molar-refractivity contribution is -0.123. The van der Waals surface area contributed by atoms with Crippen LogP contribution in [0.3, 0.4) is 0 Å². The van der Waals surface area contributed by atoms with Gasteiger partial charge in [0.25, 0.3) is 5.91 Å². The monoisotopic (exact) mass is 386 g/mol. The van der Waals surface area contributed by atoms with E-state index in [1.165, 1.54) is 6.07 Å². The molecular weight excluding hydrogens is 363 g/mol. The van der Waals surface area contributed by atoms with E-state index in [9.17, 15) is 9.59 Å². The van der Waals surface area contributed by atoms with Crippen molar-refractivity contribution in [2.75, 3.05) is 13.2 Å². The summed E-state index contributed by atoms with van der Waals surface area (Å²) >= 11 is 11.9. The molecule has 1 saturated heterocycles. The summed E-state index contributed by atoms with van der Waals surface area (Å²) in [5.41, 5.74) is 0.298. The normalized spacial score (nSPS) is 18.2. The number of carbonyl (C=O) groups excluding carboxylic acids is 2. The van der Waals surface area contributed by atoms with Crippen LogP contribution in [0.25, 0.3) is 0 Å². The second-order valence-electron chi connectivity index (χ2n) is 6.66. The quantitative estimate of drug-likeness (QED) is 0.753. The fourth-order valence-corrected chi connectivity index (χ4v) is 3.25. The molecule has 2 atom stereocenters. The number of amides is 2. The molecular formula is C18H24Cl2N2O3. The third-order valence-electron chi connectivity index (χ3n) is 4.03. The molecule has 2 N–H and O–H groups in total. The van der Waals surface area contributed by atoms with Crippen LogP contribution in [0.2, 0.25) is 10.0 Å². The molecule has 2 amide bonds. The molecule has 1 heterocycles. The van der Waals surface area contributed by atoms with Crippen LogP contribution in [0.5, 0.6) is 0 Å². The van der Waals surface area contributed by atoms with Crippen molar-refractivity contribution >= 4 is 35.0 Å². The SMILES string of the molecule is CC(C)C[C@@H](NC(=O)c1ccc(Cl)cc1Cl)C(=O)NC[C@H]1CCCO1. The molecule has 1 fully saturated rings. The van der Waals surface area contributed by atoms with E-state index in [0.29, 0.717) is 23.6 Å². The van der Waals surface area contributed by atoms with Crippen molar-refractivity contribution in [1.82, 2.24) is 10.6 Å². The first-order valence-corrected chi connectivity index (χ1v) is 9.27. The highest BCUT2D eigenvalue weighted by atomic mass is 35.5. The van der Waals surface area contributed by atoms with Gasteiger partial charge in [0.15, 0.2) is 0 Å². The Hall–Kier alpha value is -1.30. The number of nitrogens with one attached hydrogen (secondary N) is 2. The third kappa shape index (κ3) is 6.17. The van der Waals surface area contributed by atoms with Crippen molar-refractivity contribution in [2.45, 2.75) is 45.3 Å². The first kappa shape index (κ1) is 20.0. The maximum Gasteiger partial charge on any atom is 0.253 e. The van der Waals surface area contributed by atoms with E-state index in [-0.39, 0.29) is 28.9 Å². The molecule has 0 aromatic heterocycles. The average molecular weight is 387 g/mol. The zero-order valence-electron chi connectivity index (χ0n) is 14.5. The maximum absolute atomic E-state index is 12.5. The van der Waals surface area contributed by atoms with Crippen LogP contribution in [0.4, 0.5) is 0 Å². The Morgan fingerprint density at radius 1 is 1.32 bits per heavy atom. The Bertz CT molecular complexity index is 616. The molecule has 1 aromatic rings. The zero-order valence-corrected chi connectivity index (χ0v) is 16.0. The van der Waals surface area contributed by atoms with Gasteiger partial charge in [0.05, 0.1) is 16.7 Å². The highest BCUT2D eigenvalue weighted by Gasteiger charge is 2.25. The summed E-state index contributed by atoms with van der Waals surface area (Å²) in [6.07, 6.45) is 2.56. The topological polar surface area (TPSA) is 67.4 Å². The average Bonchev–Trinajstić information content (AvgIpc) is 3.04. The predicted octanol–water partition coefficient (Wildman–Crippen LogP) is 3.43. The summed E-state index contributed by atoms with van der Waals surface area (Å²) in [5, 5.41) is 6.37. The van der Waals surface area contributed by atoms with Crippen LogP contribution in [0.15, 0.2) is 18.2 Å². The van der Waals surface area contributed by atoms with Gasteiger partial charge in [0.2, 0.25) is 5.91 Å². The summed E-state index contributed by atoms with van der Waals surface area (Å²) in [4.78, 5) is 25.0. The summed E-state index contributed by atoms with van der Waals surface area (Å²) < 4.78 is 5.51. The Kier molecular flexibility index (Phi) is 7.54. The number of benzene rings is 1. The number of halogens is 2. The second-order valence-corrected chi connectivity index (χ2v) is 7.50. The van der Waals surface area contributed by atoms with Crippen molar-refractivity contribution < 1.29 is 14.3 Å². The number of hydrogen-bond acceptors (Lipinski definition) is 3. The Morgan fingerprint density at radius 3 is 2.68 bits per heavy atom. The lowest BCUT2D eigenvalue weighted by atomic mass is 10.0. The van der Waals surface area contributed by atoms with E-state index in [1.54, 1.807) is 12.1 Å². The molecule has 0 aliphatic carbocycles. The summed E-state index contributed by atoms with van der Waals surface area (Å²) in [5.74, 6) is -0.346. The van der Waals surface area contributed by atoms with Gasteiger partial charge in [-0.25, -0.2) is 0 Å². The largest absolute Gasteiger partial charge is 0.376 e. The maximum atomic E-state index is 12.5. The lowest BCUT2D eigenvalue weighted by Crippen LogP contribution is -2.48. The molecule has 0 unspecified atom stereocenters. The van der Waals surface area contributed by atoms with Gasteiger partial charge in [-0.15, -0.1) is 0 Å². The number of carbonyl (C=O) groups is 2. The second kappa shape index (κ2) is 9.41. The Balaban J connectivity index is 2.00. The lowest BCUT2D eigenvalue weighted by Gasteiger charge is -2.21. The van der Waals surface area contributed by atoms with Gasteiger partial charge in [-0.1, -0.05) is 37.0 Å². The minimum atomic E-state index is -0.624. The van der Waals surface area contributed by atoms with Crippen LogP contribution >= 0.6 is 23.2 Å². The minimum Gasteiger partial charge on any atom is -0.376 e. The Labute approximate surface area is 158 Å². The van der Waals surface area contributed by atoms with E-state index in [0.717, 1.165) is 19.4 Å². The van der Waals surface area contributed by atoms with E-state index in [4.69, 9.17) is 27.9 Å². The highest BCUT2D eigenvalue weighted by molar-refractivity contribution is 6.36. The summed E-state index contributed by atoms with van der Waals surface area (Å²) in [7, 11) is 0. The molecule has 1 aliphatic heterocycles. The van der Waals surface area contributed by atoms with Gasteiger partial charge in [0.1, 0.15) is 6.04 Å². The van der Waals surface area contributed by atoms with Crippen molar-refractivity contribution in [3.05, 3.63) is 33.8 Å². The van der Waals surface area contributed by atoms with Gasteiger partial charge in [-0.3, -0.25) is 9.59 Å². The molecule has 5 nitrogen and oxygen atoms in total. The minimum absolute atomic E-state index is 0.0602. The summed E-state index contributed by atoms with van der Waals surface area (Å²) in [6.45, 7) is 5.20. The van der Waals surface area contributed by atoms with Gasteiger partial charge in [-0.05, 0) is 43.4 Å². The van der Waals surface area contributed by atoms with Gasteiger partial charge < -0.3 is 15.4 Å². The van der Waals surface area contributed by atoms with Crippen LogP contribution < -0.4 is 10.6 Å². The molecule has 7 heteroatoms. The van der Waals surface area contributed by atoms with Crippen LogP contribution in [-0.4, -0.2) is 37.1 Å². The molecule has 0 spiro atoms. The number of rotatable bonds is 7. The molecule has 1 aliphatic rings. The van der Waals surface area contributed by atoms with E-state index >= 15 is 0 Å². The first-order valence-electron chi connectivity index (χ1n) is 8.52. The van der Waals surface area contributed by atoms with Crippen LogP contribution in [0, 0.1) is 5.92 Å². The highest BCUT2D eigenvalue weighted by Crippen LogP contribution is 2.21. The van der Waals surface area contributed by atoms with Crippen molar-refractivity contribution in [3.8, 4) is 0 Å². The Morgan fingerprint density at radius 2 is 2.08 bits per heavy atom. The van der Waals surface area contributed by atoms with Crippen molar-refractivity contribution in [2.24, 2.45) is 5.92 Å². The van der Waals surface area contributed by atoms with E-state index < -0.39 is 6.04 Å². The molecule has 2 rings (SSSR count). The molecule has 25 heavy (non-hydrogen) atoms. The predicted molar refractivity (Wildman–Crippen MR) is 99.2 cm³/mol. The van der Waals surface area contributed by atoms with Gasteiger partial charge in [-0.2, -0.15) is 0 Å². The van der Waals surface area contributed by atoms with Gasteiger partial charge in [0, 0.05) is 18.2 Å². The smallest absolute Gasteiger partial charge is 0.253 e. The van der Waals surface area contributed by atoms with Crippen molar-refractivity contribution in [3.63, 3.8) is 0 Å². The fraction of sp³-hybridized carbons (Fsp3) is 0.556. The van der Waals surface area contributed by atoms with E-state index in [1.807, 2.05) is 13.8 Å².